The summed E-state index contributed by atoms with van der Waals surface area (Å²) in [6.07, 6.45) is 1.01. The Balaban J connectivity index is 2.76. The predicted molar refractivity (Wildman–Crippen MR) is 65.5 cm³/mol. The molecule has 1 aromatic carbocycles. The largest absolute Gasteiger partial charge is 0.396 e. The summed E-state index contributed by atoms with van der Waals surface area (Å²) in [6.45, 7) is 1.44. The van der Waals surface area contributed by atoms with Crippen LogP contribution in [0.15, 0.2) is 30.3 Å². The van der Waals surface area contributed by atoms with Gasteiger partial charge in [0.15, 0.2) is 5.60 Å². The summed E-state index contributed by atoms with van der Waals surface area (Å²) < 4.78 is 0. The Hall–Kier alpha value is -1.63. The van der Waals surface area contributed by atoms with Gasteiger partial charge in [-0.1, -0.05) is 42.2 Å². The highest BCUT2D eigenvalue weighted by Crippen LogP contribution is 2.12. The Labute approximate surface area is 101 Å². The third-order valence-electron chi connectivity index (χ3n) is 2.27. The lowest BCUT2D eigenvalue weighted by Gasteiger charge is -2.14. The number of rotatable bonds is 4. The van der Waals surface area contributed by atoms with Crippen LogP contribution >= 0.6 is 0 Å². The average molecular weight is 232 g/mol. The molecule has 3 nitrogen and oxygen atoms in total. The quantitative estimate of drug-likeness (QED) is 0.468. The molecule has 0 aliphatic heterocycles. The normalized spacial score (nSPS) is 13.4. The first-order chi connectivity index (χ1) is 8.08. The van der Waals surface area contributed by atoms with Gasteiger partial charge in [0.2, 0.25) is 5.78 Å². The second-order valence-electron chi connectivity index (χ2n) is 3.90. The van der Waals surface area contributed by atoms with Gasteiger partial charge < -0.3 is 10.2 Å². The van der Waals surface area contributed by atoms with Crippen molar-refractivity contribution in [2.24, 2.45) is 0 Å². The smallest absolute Gasteiger partial charge is 0.206 e. The Bertz CT molecular complexity index is 424. The molecule has 1 aromatic rings. The van der Waals surface area contributed by atoms with Crippen LogP contribution < -0.4 is 0 Å². The molecule has 1 unspecified atom stereocenters. The van der Waals surface area contributed by atoms with Crippen LogP contribution in [-0.2, 0) is 0 Å². The molecule has 0 aromatic heterocycles. The monoisotopic (exact) mass is 232 g/mol. The first-order valence-electron chi connectivity index (χ1n) is 5.51. The fraction of sp³-hybridized carbons (Fsp3) is 0.357. The third kappa shape index (κ3) is 4.03. The maximum absolute atomic E-state index is 11.9. The molecule has 0 aliphatic carbocycles. The molecule has 0 saturated heterocycles. The van der Waals surface area contributed by atoms with Crippen LogP contribution in [0.1, 0.15) is 30.1 Å². The lowest BCUT2D eigenvalue weighted by atomic mass is 9.95. The minimum absolute atomic E-state index is 0.0590. The van der Waals surface area contributed by atoms with Gasteiger partial charge in [-0.3, -0.25) is 4.79 Å². The zero-order valence-corrected chi connectivity index (χ0v) is 9.81. The van der Waals surface area contributed by atoms with Crippen LogP contribution in [0, 0.1) is 11.8 Å². The van der Waals surface area contributed by atoms with Gasteiger partial charge in [-0.05, 0) is 13.3 Å². The number of benzene rings is 1. The minimum Gasteiger partial charge on any atom is -0.396 e. The fourth-order valence-corrected chi connectivity index (χ4v) is 1.33. The minimum atomic E-state index is -1.67. The number of aliphatic hydroxyl groups excluding tert-OH is 1. The highest BCUT2D eigenvalue weighted by Gasteiger charge is 2.28. The van der Waals surface area contributed by atoms with E-state index in [1.54, 1.807) is 30.3 Å². The van der Waals surface area contributed by atoms with Crippen molar-refractivity contribution in [3.05, 3.63) is 35.9 Å². The average Bonchev–Trinajstić information content (AvgIpc) is 2.35. The van der Waals surface area contributed by atoms with E-state index in [1.807, 2.05) is 0 Å². The summed E-state index contributed by atoms with van der Waals surface area (Å²) in [5.41, 5.74) is -1.23. The Kier molecular flexibility index (Phi) is 4.89. The zero-order valence-electron chi connectivity index (χ0n) is 9.81. The van der Waals surface area contributed by atoms with Gasteiger partial charge in [-0.2, -0.15) is 0 Å². The SMILES string of the molecule is CC(O)(C#CCCCO)C(=O)c1ccccc1. The molecule has 0 amide bonds. The number of unbranched alkanes of at least 4 members (excludes halogenated alkanes) is 1. The van der Waals surface area contributed by atoms with E-state index in [4.69, 9.17) is 5.11 Å². The number of ketones is 1. The molecule has 1 atom stereocenters. The lowest BCUT2D eigenvalue weighted by Crippen LogP contribution is -2.33. The van der Waals surface area contributed by atoms with Crippen LogP contribution in [0.4, 0.5) is 0 Å². The van der Waals surface area contributed by atoms with Crippen molar-refractivity contribution in [3.63, 3.8) is 0 Å². The number of hydrogen-bond acceptors (Lipinski definition) is 3. The van der Waals surface area contributed by atoms with Crippen LogP contribution in [-0.4, -0.2) is 28.2 Å². The highest BCUT2D eigenvalue weighted by molar-refractivity contribution is 6.04. The molecule has 0 bridgehead atoms. The van der Waals surface area contributed by atoms with Gasteiger partial charge in [0.25, 0.3) is 0 Å². The molecule has 17 heavy (non-hydrogen) atoms. The fourth-order valence-electron chi connectivity index (χ4n) is 1.33. The van der Waals surface area contributed by atoms with E-state index in [9.17, 15) is 9.90 Å². The molecular weight excluding hydrogens is 216 g/mol. The maximum atomic E-state index is 11.9. The van der Waals surface area contributed by atoms with Gasteiger partial charge in [-0.25, -0.2) is 0 Å². The highest BCUT2D eigenvalue weighted by atomic mass is 16.3. The summed E-state index contributed by atoms with van der Waals surface area (Å²) in [4.78, 5) is 11.9. The molecule has 0 fully saturated rings. The van der Waals surface area contributed by atoms with Gasteiger partial charge in [0.05, 0.1) is 0 Å². The first kappa shape index (κ1) is 13.4. The van der Waals surface area contributed by atoms with E-state index in [-0.39, 0.29) is 6.61 Å². The summed E-state index contributed by atoms with van der Waals surface area (Å²) in [6, 6.07) is 8.57. The molecule has 0 saturated carbocycles. The number of carbonyl (C=O) groups excluding carboxylic acids is 1. The lowest BCUT2D eigenvalue weighted by molar-refractivity contribution is 0.0621. The van der Waals surface area contributed by atoms with Crippen molar-refractivity contribution in [1.29, 1.82) is 0 Å². The molecule has 0 heterocycles. The summed E-state index contributed by atoms with van der Waals surface area (Å²) in [5.74, 6) is 4.83. The standard InChI is InChI=1S/C14H16O3/c1-14(17,10-6-3-7-11-15)13(16)12-8-4-2-5-9-12/h2,4-5,8-9,15,17H,3,7,11H2,1H3. The Morgan fingerprint density at radius 3 is 2.59 bits per heavy atom. The van der Waals surface area contributed by atoms with E-state index in [0.717, 1.165) is 0 Å². The topological polar surface area (TPSA) is 57.5 Å². The Morgan fingerprint density at radius 2 is 2.00 bits per heavy atom. The molecule has 0 aliphatic rings. The van der Waals surface area contributed by atoms with Gasteiger partial charge in [0, 0.05) is 18.6 Å². The summed E-state index contributed by atoms with van der Waals surface area (Å²) in [7, 11) is 0. The molecule has 1 rings (SSSR count). The third-order valence-corrected chi connectivity index (χ3v) is 2.27. The Morgan fingerprint density at radius 1 is 1.35 bits per heavy atom. The number of hydrogen-bond donors (Lipinski definition) is 2. The number of Topliss-reactive ketones (excluding diaryl/α,β-unsaturated/α-hetero) is 1. The van der Waals surface area contributed by atoms with Crippen molar-refractivity contribution in [2.75, 3.05) is 6.61 Å². The second-order valence-corrected chi connectivity index (χ2v) is 3.90. The van der Waals surface area contributed by atoms with Crippen LogP contribution in [0.2, 0.25) is 0 Å². The summed E-state index contributed by atoms with van der Waals surface area (Å²) >= 11 is 0. The van der Waals surface area contributed by atoms with Gasteiger partial charge >= 0.3 is 0 Å². The molecule has 0 spiro atoms. The molecule has 0 radical (unpaired) electrons. The number of aliphatic hydroxyl groups is 2. The molecule has 2 N–H and O–H groups in total. The van der Waals surface area contributed by atoms with Crippen molar-refractivity contribution in [1.82, 2.24) is 0 Å². The molecular formula is C14H16O3. The molecule has 3 heteroatoms. The van der Waals surface area contributed by atoms with Crippen molar-refractivity contribution < 1.29 is 15.0 Å². The van der Waals surface area contributed by atoms with E-state index >= 15 is 0 Å². The zero-order chi connectivity index (χ0) is 12.7. The number of carbonyl (C=O) groups is 1. The molecule has 90 valence electrons. The van der Waals surface area contributed by atoms with E-state index < -0.39 is 11.4 Å². The van der Waals surface area contributed by atoms with E-state index in [1.165, 1.54) is 6.92 Å². The van der Waals surface area contributed by atoms with Crippen LogP contribution in [0.25, 0.3) is 0 Å². The van der Waals surface area contributed by atoms with E-state index in [0.29, 0.717) is 18.4 Å². The van der Waals surface area contributed by atoms with Crippen LogP contribution in [0.3, 0.4) is 0 Å². The predicted octanol–water partition coefficient (Wildman–Crippen LogP) is 1.40. The van der Waals surface area contributed by atoms with E-state index in [2.05, 4.69) is 11.8 Å². The van der Waals surface area contributed by atoms with Gasteiger partial charge in [0.1, 0.15) is 0 Å². The summed E-state index contributed by atoms with van der Waals surface area (Å²) in [5, 5.41) is 18.5. The van der Waals surface area contributed by atoms with Crippen molar-refractivity contribution in [2.45, 2.75) is 25.4 Å². The first-order valence-corrected chi connectivity index (χ1v) is 5.51. The maximum Gasteiger partial charge on any atom is 0.206 e. The van der Waals surface area contributed by atoms with Crippen LogP contribution in [0.5, 0.6) is 0 Å². The second kappa shape index (κ2) is 6.19. The van der Waals surface area contributed by atoms with Gasteiger partial charge in [-0.15, -0.1) is 0 Å². The van der Waals surface area contributed by atoms with Crippen molar-refractivity contribution >= 4 is 5.78 Å². The van der Waals surface area contributed by atoms with Crippen molar-refractivity contribution in [3.8, 4) is 11.8 Å².